The summed E-state index contributed by atoms with van der Waals surface area (Å²) in [5.41, 5.74) is 4.99. The van der Waals surface area contributed by atoms with Gasteiger partial charge in [-0.2, -0.15) is 0 Å². The Morgan fingerprint density at radius 2 is 1.82 bits per heavy atom. The summed E-state index contributed by atoms with van der Waals surface area (Å²) >= 11 is 0. The van der Waals surface area contributed by atoms with Crippen LogP contribution < -0.4 is 5.32 Å². The molecule has 0 radical (unpaired) electrons. The minimum absolute atomic E-state index is 0.552. The second kappa shape index (κ2) is 6.61. The van der Waals surface area contributed by atoms with Crippen molar-refractivity contribution in [3.05, 3.63) is 71.9 Å². The molecule has 0 aliphatic rings. The first-order valence-electron chi connectivity index (χ1n) is 7.89. The topological polar surface area (TPSA) is 24.9 Å². The van der Waals surface area contributed by atoms with Crippen molar-refractivity contribution >= 4 is 16.6 Å². The van der Waals surface area contributed by atoms with Crippen LogP contribution in [-0.4, -0.2) is 11.5 Å². The maximum absolute atomic E-state index is 4.49. The molecule has 0 aliphatic heterocycles. The van der Waals surface area contributed by atoms with Gasteiger partial charge in [0.15, 0.2) is 0 Å². The molecule has 0 bridgehead atoms. The SMILES string of the molecule is Cc1ccccc1C(C)CCNc1cccc2cccnc12. The molecule has 22 heavy (non-hydrogen) atoms. The predicted molar refractivity (Wildman–Crippen MR) is 94.4 cm³/mol. The van der Waals surface area contributed by atoms with Crippen LogP contribution in [0.1, 0.15) is 30.4 Å². The smallest absolute Gasteiger partial charge is 0.0933 e. The maximum Gasteiger partial charge on any atom is 0.0933 e. The summed E-state index contributed by atoms with van der Waals surface area (Å²) in [7, 11) is 0. The normalized spacial score (nSPS) is 12.3. The Morgan fingerprint density at radius 1 is 1.00 bits per heavy atom. The zero-order valence-corrected chi connectivity index (χ0v) is 13.2. The van der Waals surface area contributed by atoms with Gasteiger partial charge in [0.25, 0.3) is 0 Å². The second-order valence-corrected chi connectivity index (χ2v) is 5.85. The van der Waals surface area contributed by atoms with Crippen LogP contribution in [0, 0.1) is 6.92 Å². The van der Waals surface area contributed by atoms with Crippen molar-refractivity contribution in [2.24, 2.45) is 0 Å². The molecule has 0 saturated carbocycles. The number of hydrogen-bond donors (Lipinski definition) is 1. The minimum Gasteiger partial charge on any atom is -0.383 e. The van der Waals surface area contributed by atoms with E-state index in [9.17, 15) is 0 Å². The molecule has 3 rings (SSSR count). The van der Waals surface area contributed by atoms with Gasteiger partial charge < -0.3 is 5.32 Å². The highest BCUT2D eigenvalue weighted by Gasteiger charge is 2.08. The number of aryl methyl sites for hydroxylation is 1. The zero-order valence-electron chi connectivity index (χ0n) is 13.2. The van der Waals surface area contributed by atoms with E-state index < -0.39 is 0 Å². The third-order valence-electron chi connectivity index (χ3n) is 4.24. The third kappa shape index (κ3) is 3.11. The second-order valence-electron chi connectivity index (χ2n) is 5.85. The molecule has 1 unspecified atom stereocenters. The summed E-state index contributed by atoms with van der Waals surface area (Å²) in [6.07, 6.45) is 2.96. The highest BCUT2D eigenvalue weighted by Crippen LogP contribution is 2.24. The van der Waals surface area contributed by atoms with Crippen LogP contribution in [0.25, 0.3) is 10.9 Å². The minimum atomic E-state index is 0.552. The van der Waals surface area contributed by atoms with E-state index in [4.69, 9.17) is 0 Å². The highest BCUT2D eigenvalue weighted by atomic mass is 14.9. The Hall–Kier alpha value is -2.35. The molecule has 0 aliphatic carbocycles. The van der Waals surface area contributed by atoms with E-state index in [0.29, 0.717) is 5.92 Å². The standard InChI is InChI=1S/C20H22N2/c1-15-7-3-4-10-18(15)16(2)12-14-21-19-11-5-8-17-9-6-13-22-20(17)19/h3-11,13,16,21H,12,14H2,1-2H3. The van der Waals surface area contributed by atoms with Crippen LogP contribution in [0.15, 0.2) is 60.8 Å². The molecule has 2 aromatic carbocycles. The number of hydrogen-bond acceptors (Lipinski definition) is 2. The van der Waals surface area contributed by atoms with Crippen LogP contribution in [0.4, 0.5) is 5.69 Å². The molecule has 2 nitrogen and oxygen atoms in total. The molecule has 1 aromatic heterocycles. The molecule has 0 saturated heterocycles. The predicted octanol–water partition coefficient (Wildman–Crippen LogP) is 5.15. The Balaban J connectivity index is 1.66. The largest absolute Gasteiger partial charge is 0.383 e. The summed E-state index contributed by atoms with van der Waals surface area (Å²) in [6, 6.07) is 19.0. The van der Waals surface area contributed by atoms with Crippen molar-refractivity contribution in [2.45, 2.75) is 26.2 Å². The number of pyridine rings is 1. The number of nitrogens with one attached hydrogen (secondary N) is 1. The molecular weight excluding hydrogens is 268 g/mol. The Morgan fingerprint density at radius 3 is 2.68 bits per heavy atom. The van der Waals surface area contributed by atoms with Gasteiger partial charge in [-0.15, -0.1) is 0 Å². The van der Waals surface area contributed by atoms with Crippen LogP contribution in [0.5, 0.6) is 0 Å². The van der Waals surface area contributed by atoms with Crippen molar-refractivity contribution in [1.29, 1.82) is 0 Å². The number of benzene rings is 2. The van der Waals surface area contributed by atoms with Crippen LogP contribution >= 0.6 is 0 Å². The average molecular weight is 290 g/mol. The molecule has 2 heteroatoms. The molecular formula is C20H22N2. The van der Waals surface area contributed by atoms with Gasteiger partial charge in [0.1, 0.15) is 0 Å². The molecule has 0 spiro atoms. The van der Waals surface area contributed by atoms with Gasteiger partial charge >= 0.3 is 0 Å². The lowest BCUT2D eigenvalue weighted by Crippen LogP contribution is -2.07. The summed E-state index contributed by atoms with van der Waals surface area (Å²) in [5, 5.41) is 4.73. The van der Waals surface area contributed by atoms with Gasteiger partial charge in [0, 0.05) is 18.1 Å². The quantitative estimate of drug-likeness (QED) is 0.703. The van der Waals surface area contributed by atoms with Crippen LogP contribution in [-0.2, 0) is 0 Å². The maximum atomic E-state index is 4.49. The van der Waals surface area contributed by atoms with E-state index in [2.05, 4.69) is 72.7 Å². The number of para-hydroxylation sites is 1. The lowest BCUT2D eigenvalue weighted by Gasteiger charge is -2.16. The van der Waals surface area contributed by atoms with Gasteiger partial charge in [-0.05, 0) is 42.5 Å². The first-order chi connectivity index (χ1) is 10.8. The molecule has 0 fully saturated rings. The first-order valence-corrected chi connectivity index (χ1v) is 7.89. The lowest BCUT2D eigenvalue weighted by molar-refractivity contribution is 0.702. The monoisotopic (exact) mass is 290 g/mol. The fraction of sp³-hybridized carbons (Fsp3) is 0.250. The fourth-order valence-electron chi connectivity index (χ4n) is 2.97. The highest BCUT2D eigenvalue weighted by molar-refractivity contribution is 5.90. The third-order valence-corrected chi connectivity index (χ3v) is 4.24. The van der Waals surface area contributed by atoms with Crippen molar-refractivity contribution in [1.82, 2.24) is 4.98 Å². The summed E-state index contributed by atoms with van der Waals surface area (Å²) in [6.45, 7) is 5.43. The summed E-state index contributed by atoms with van der Waals surface area (Å²) in [4.78, 5) is 4.49. The zero-order chi connectivity index (χ0) is 15.4. The summed E-state index contributed by atoms with van der Waals surface area (Å²) < 4.78 is 0. The molecule has 1 N–H and O–H groups in total. The average Bonchev–Trinajstić information content (AvgIpc) is 2.55. The number of nitrogens with zero attached hydrogens (tertiary/aromatic N) is 1. The number of rotatable bonds is 5. The van der Waals surface area contributed by atoms with Gasteiger partial charge in [0.05, 0.1) is 11.2 Å². The van der Waals surface area contributed by atoms with Crippen molar-refractivity contribution in [3.63, 3.8) is 0 Å². The van der Waals surface area contributed by atoms with E-state index in [-0.39, 0.29) is 0 Å². The fourth-order valence-corrected chi connectivity index (χ4v) is 2.97. The number of aromatic nitrogens is 1. The Labute approximate surface area is 132 Å². The molecule has 1 atom stereocenters. The van der Waals surface area contributed by atoms with Crippen LogP contribution in [0.2, 0.25) is 0 Å². The van der Waals surface area contributed by atoms with Crippen molar-refractivity contribution < 1.29 is 0 Å². The first kappa shape index (κ1) is 14.6. The van der Waals surface area contributed by atoms with E-state index in [0.717, 1.165) is 24.2 Å². The van der Waals surface area contributed by atoms with Crippen molar-refractivity contribution in [2.75, 3.05) is 11.9 Å². The Kier molecular flexibility index (Phi) is 4.38. The molecule has 3 aromatic rings. The molecule has 112 valence electrons. The summed E-state index contributed by atoms with van der Waals surface area (Å²) in [5.74, 6) is 0.552. The van der Waals surface area contributed by atoms with Crippen LogP contribution in [0.3, 0.4) is 0 Å². The van der Waals surface area contributed by atoms with E-state index in [1.165, 1.54) is 16.5 Å². The van der Waals surface area contributed by atoms with E-state index in [1.807, 2.05) is 12.3 Å². The van der Waals surface area contributed by atoms with Gasteiger partial charge in [0.2, 0.25) is 0 Å². The van der Waals surface area contributed by atoms with Gasteiger partial charge in [-0.25, -0.2) is 0 Å². The lowest BCUT2D eigenvalue weighted by atomic mass is 9.94. The Bertz CT molecular complexity index is 759. The number of anilines is 1. The van der Waals surface area contributed by atoms with E-state index >= 15 is 0 Å². The molecule has 0 amide bonds. The molecule has 1 heterocycles. The van der Waals surface area contributed by atoms with Gasteiger partial charge in [-0.1, -0.05) is 49.4 Å². The number of fused-ring (bicyclic) bond motifs is 1. The van der Waals surface area contributed by atoms with Crippen molar-refractivity contribution in [3.8, 4) is 0 Å². The van der Waals surface area contributed by atoms with Gasteiger partial charge in [-0.3, -0.25) is 4.98 Å². The van der Waals surface area contributed by atoms with E-state index in [1.54, 1.807) is 0 Å².